The largest absolute Gasteiger partial charge is 0.337 e. The second kappa shape index (κ2) is 6.89. The molecule has 0 unspecified atom stereocenters. The van der Waals surface area contributed by atoms with Gasteiger partial charge in [0.2, 0.25) is 5.91 Å². The van der Waals surface area contributed by atoms with Crippen LogP contribution in [0.3, 0.4) is 0 Å². The van der Waals surface area contributed by atoms with Crippen LogP contribution < -0.4 is 0 Å². The van der Waals surface area contributed by atoms with Crippen LogP contribution in [0.25, 0.3) is 0 Å². The van der Waals surface area contributed by atoms with E-state index in [-0.39, 0.29) is 17.9 Å². The molecule has 7 nitrogen and oxygen atoms in total. The highest BCUT2D eigenvalue weighted by Crippen LogP contribution is 2.27. The van der Waals surface area contributed by atoms with E-state index in [4.69, 9.17) is 23.2 Å². The van der Waals surface area contributed by atoms with Gasteiger partial charge in [-0.1, -0.05) is 28.4 Å². The van der Waals surface area contributed by atoms with Crippen molar-refractivity contribution in [1.82, 2.24) is 24.8 Å². The summed E-state index contributed by atoms with van der Waals surface area (Å²) in [6, 6.07) is 4.94. The number of hydrogen-bond acceptors (Lipinski definition) is 4. The van der Waals surface area contributed by atoms with Crippen LogP contribution in [0.5, 0.6) is 0 Å². The van der Waals surface area contributed by atoms with E-state index in [1.54, 1.807) is 32.7 Å². The Bertz CT molecular complexity index is 863. The van der Waals surface area contributed by atoms with E-state index < -0.39 is 0 Å². The monoisotopic (exact) mass is 393 g/mol. The number of likely N-dealkylation sites (tertiary alicyclic amines) is 2. The molecule has 3 heterocycles. The van der Waals surface area contributed by atoms with Crippen LogP contribution >= 0.6 is 23.2 Å². The molecule has 1 aromatic heterocycles. The van der Waals surface area contributed by atoms with Crippen molar-refractivity contribution < 1.29 is 9.59 Å². The molecule has 0 aliphatic carbocycles. The third-order valence-electron chi connectivity index (χ3n) is 4.77. The van der Waals surface area contributed by atoms with E-state index in [0.717, 1.165) is 18.7 Å². The maximum absolute atomic E-state index is 12.5. The average molecular weight is 394 g/mol. The molecule has 136 valence electrons. The summed E-state index contributed by atoms with van der Waals surface area (Å²) in [6.45, 7) is 2.36. The van der Waals surface area contributed by atoms with Gasteiger partial charge in [-0.25, -0.2) is 4.68 Å². The molecule has 2 aliphatic rings. The number of nitrogens with zero attached hydrogens (tertiary/aromatic N) is 5. The standard InChI is InChI=1S/C17H17Cl2N5O2/c18-11-3-4-14(15(19)6-11)17(26)23-9-13(10-23)24-8-12(20-21-24)7-22-5-1-2-16(22)25/h3-4,6,8,13H,1-2,5,7,9-10H2. The Kier molecular flexibility index (Phi) is 4.58. The number of amides is 2. The minimum atomic E-state index is -0.120. The van der Waals surface area contributed by atoms with Gasteiger partial charge >= 0.3 is 0 Å². The van der Waals surface area contributed by atoms with Crippen LogP contribution in [-0.4, -0.2) is 56.2 Å². The molecule has 9 heteroatoms. The molecule has 2 aromatic rings. The SMILES string of the molecule is O=C1CCCN1Cc1cn(C2CN(C(=O)c3ccc(Cl)cc3Cl)C2)nn1. The lowest BCUT2D eigenvalue weighted by Gasteiger charge is -2.39. The number of hydrogen-bond donors (Lipinski definition) is 0. The molecule has 1 aromatic carbocycles. The first kappa shape index (κ1) is 17.3. The lowest BCUT2D eigenvalue weighted by molar-refractivity contribution is -0.128. The van der Waals surface area contributed by atoms with Gasteiger partial charge in [0, 0.05) is 31.1 Å². The molecule has 0 N–H and O–H groups in total. The molecule has 4 rings (SSSR count). The van der Waals surface area contributed by atoms with E-state index in [1.807, 2.05) is 6.20 Å². The molecule has 26 heavy (non-hydrogen) atoms. The van der Waals surface area contributed by atoms with Gasteiger partial charge in [-0.2, -0.15) is 0 Å². The molecular formula is C17H17Cl2N5O2. The second-order valence-electron chi connectivity index (χ2n) is 6.60. The van der Waals surface area contributed by atoms with Crippen LogP contribution in [0.4, 0.5) is 0 Å². The van der Waals surface area contributed by atoms with Gasteiger partial charge in [0.25, 0.3) is 5.91 Å². The summed E-state index contributed by atoms with van der Waals surface area (Å²) < 4.78 is 1.77. The zero-order chi connectivity index (χ0) is 18.3. The fourth-order valence-electron chi connectivity index (χ4n) is 3.25. The molecule has 0 spiro atoms. The molecule has 0 bridgehead atoms. The highest BCUT2D eigenvalue weighted by atomic mass is 35.5. The summed E-state index contributed by atoms with van der Waals surface area (Å²) in [5.74, 6) is 0.0470. The maximum Gasteiger partial charge on any atom is 0.255 e. The van der Waals surface area contributed by atoms with E-state index >= 15 is 0 Å². The van der Waals surface area contributed by atoms with Crippen LogP contribution in [0.1, 0.15) is 34.9 Å². The average Bonchev–Trinajstić information content (AvgIpc) is 3.16. The Labute approximate surface area is 160 Å². The Hall–Kier alpha value is -2.12. The predicted molar refractivity (Wildman–Crippen MR) is 96.1 cm³/mol. The van der Waals surface area contributed by atoms with Gasteiger partial charge in [0.05, 0.1) is 29.4 Å². The number of aromatic nitrogens is 3. The van der Waals surface area contributed by atoms with Crippen molar-refractivity contribution in [3.63, 3.8) is 0 Å². The third-order valence-corrected chi connectivity index (χ3v) is 5.31. The van der Waals surface area contributed by atoms with E-state index in [9.17, 15) is 9.59 Å². The first-order chi connectivity index (χ1) is 12.5. The minimum Gasteiger partial charge on any atom is -0.337 e. The molecule has 2 aliphatic heterocycles. The number of carbonyl (C=O) groups excluding carboxylic acids is 2. The molecule has 0 radical (unpaired) electrons. The molecule has 2 amide bonds. The second-order valence-corrected chi connectivity index (χ2v) is 7.44. The van der Waals surface area contributed by atoms with Crippen molar-refractivity contribution in [2.75, 3.05) is 19.6 Å². The van der Waals surface area contributed by atoms with Gasteiger partial charge in [0.15, 0.2) is 0 Å². The van der Waals surface area contributed by atoms with Crippen LogP contribution in [0.15, 0.2) is 24.4 Å². The van der Waals surface area contributed by atoms with E-state index in [1.165, 1.54) is 0 Å². The van der Waals surface area contributed by atoms with Gasteiger partial charge in [-0.15, -0.1) is 5.10 Å². The zero-order valence-corrected chi connectivity index (χ0v) is 15.4. The van der Waals surface area contributed by atoms with Crippen molar-refractivity contribution in [3.8, 4) is 0 Å². The van der Waals surface area contributed by atoms with Crippen LogP contribution in [-0.2, 0) is 11.3 Å². The lowest BCUT2D eigenvalue weighted by Crippen LogP contribution is -2.51. The number of halogens is 2. The summed E-state index contributed by atoms with van der Waals surface area (Å²) in [5.41, 5.74) is 1.21. The number of benzene rings is 1. The lowest BCUT2D eigenvalue weighted by atomic mass is 10.1. The molecule has 2 saturated heterocycles. The molecule has 0 saturated carbocycles. The third kappa shape index (κ3) is 3.29. The van der Waals surface area contributed by atoms with Gasteiger partial charge < -0.3 is 9.80 Å². The fraction of sp³-hybridized carbons (Fsp3) is 0.412. The number of rotatable bonds is 4. The van der Waals surface area contributed by atoms with Crippen molar-refractivity contribution in [2.24, 2.45) is 0 Å². The smallest absolute Gasteiger partial charge is 0.255 e. The van der Waals surface area contributed by atoms with E-state index in [0.29, 0.717) is 41.7 Å². The number of carbonyl (C=O) groups is 2. The van der Waals surface area contributed by atoms with E-state index in [2.05, 4.69) is 10.3 Å². The molecule has 0 atom stereocenters. The Balaban J connectivity index is 1.36. The molecule has 2 fully saturated rings. The highest BCUT2D eigenvalue weighted by Gasteiger charge is 2.34. The quantitative estimate of drug-likeness (QED) is 0.799. The van der Waals surface area contributed by atoms with Crippen molar-refractivity contribution >= 4 is 35.0 Å². The van der Waals surface area contributed by atoms with Crippen LogP contribution in [0.2, 0.25) is 10.0 Å². The van der Waals surface area contributed by atoms with Crippen molar-refractivity contribution in [3.05, 3.63) is 45.7 Å². The van der Waals surface area contributed by atoms with Crippen molar-refractivity contribution in [1.29, 1.82) is 0 Å². The predicted octanol–water partition coefficient (Wildman–Crippen LogP) is 2.40. The minimum absolute atomic E-state index is 0.0838. The zero-order valence-electron chi connectivity index (χ0n) is 13.9. The Morgan fingerprint density at radius 1 is 1.27 bits per heavy atom. The summed E-state index contributed by atoms with van der Waals surface area (Å²) >= 11 is 12.0. The van der Waals surface area contributed by atoms with Gasteiger partial charge in [-0.05, 0) is 24.6 Å². The summed E-state index contributed by atoms with van der Waals surface area (Å²) in [6.07, 6.45) is 3.37. The first-order valence-corrected chi connectivity index (χ1v) is 9.19. The topological polar surface area (TPSA) is 71.3 Å². The highest BCUT2D eigenvalue weighted by molar-refractivity contribution is 6.36. The summed E-state index contributed by atoms with van der Waals surface area (Å²) in [4.78, 5) is 27.7. The van der Waals surface area contributed by atoms with Crippen LogP contribution in [0, 0.1) is 0 Å². The first-order valence-electron chi connectivity index (χ1n) is 8.44. The molecular weight excluding hydrogens is 377 g/mol. The summed E-state index contributed by atoms with van der Waals surface area (Å²) in [7, 11) is 0. The Morgan fingerprint density at radius 3 is 2.77 bits per heavy atom. The van der Waals surface area contributed by atoms with Gasteiger partial charge in [0.1, 0.15) is 5.69 Å². The maximum atomic E-state index is 12.5. The fourth-order valence-corrected chi connectivity index (χ4v) is 3.74. The van der Waals surface area contributed by atoms with Gasteiger partial charge in [-0.3, -0.25) is 9.59 Å². The Morgan fingerprint density at radius 2 is 2.08 bits per heavy atom. The normalized spacial score (nSPS) is 17.7. The van der Waals surface area contributed by atoms with Crippen molar-refractivity contribution in [2.45, 2.75) is 25.4 Å². The summed E-state index contributed by atoms with van der Waals surface area (Å²) in [5, 5.41) is 9.15.